The van der Waals surface area contributed by atoms with Crippen molar-refractivity contribution in [3.8, 4) is 11.5 Å². The maximum Gasteiger partial charge on any atom is 0.264 e. The van der Waals surface area contributed by atoms with Gasteiger partial charge in [0.25, 0.3) is 10.0 Å². The summed E-state index contributed by atoms with van der Waals surface area (Å²) >= 11 is 7.45. The summed E-state index contributed by atoms with van der Waals surface area (Å²) in [7, 11) is -4.02. The predicted molar refractivity (Wildman–Crippen MR) is 117 cm³/mol. The van der Waals surface area contributed by atoms with Crippen LogP contribution in [-0.4, -0.2) is 25.4 Å². The summed E-state index contributed by atoms with van der Waals surface area (Å²) in [5.74, 6) is 1.61. The Balaban J connectivity index is 1.62. The highest BCUT2D eigenvalue weighted by atomic mass is 35.5. The Bertz CT molecular complexity index is 1430. The number of nitrogens with one attached hydrogen (secondary N) is 1. The van der Waals surface area contributed by atoms with Crippen molar-refractivity contribution in [2.75, 3.05) is 11.5 Å². The fourth-order valence-electron chi connectivity index (χ4n) is 3.42. The molecule has 4 aromatic rings. The van der Waals surface area contributed by atoms with Crippen molar-refractivity contribution >= 4 is 49.0 Å². The smallest absolute Gasteiger partial charge is 0.264 e. The number of nitrogens with zero attached hydrogens (tertiary/aromatic N) is 2. The average molecular weight is 478 g/mol. The summed E-state index contributed by atoms with van der Waals surface area (Å²) in [4.78, 5) is 5.76. The quantitative estimate of drug-likeness (QED) is 0.445. The molecule has 8 nitrogen and oxygen atoms in total. The van der Waals surface area contributed by atoms with Crippen molar-refractivity contribution < 1.29 is 22.4 Å². The van der Waals surface area contributed by atoms with Crippen LogP contribution in [0.15, 0.2) is 39.9 Å². The van der Waals surface area contributed by atoms with Crippen LogP contribution in [0.4, 0.5) is 5.82 Å². The molecule has 0 spiro atoms. The van der Waals surface area contributed by atoms with E-state index >= 15 is 0 Å². The number of anilines is 1. The lowest BCUT2D eigenvalue weighted by atomic mass is 10.0. The van der Waals surface area contributed by atoms with Crippen LogP contribution in [0.2, 0.25) is 5.02 Å². The Hall–Kier alpha value is -2.82. The molecule has 1 N–H and O–H groups in total. The number of ether oxygens (including phenoxy) is 2. The first-order valence-electron chi connectivity index (χ1n) is 9.23. The van der Waals surface area contributed by atoms with Crippen molar-refractivity contribution in [3.05, 3.63) is 57.2 Å². The van der Waals surface area contributed by atoms with Crippen molar-refractivity contribution in [2.24, 2.45) is 0 Å². The zero-order chi connectivity index (χ0) is 21.8. The van der Waals surface area contributed by atoms with Crippen LogP contribution >= 0.6 is 22.9 Å². The minimum Gasteiger partial charge on any atom is -0.454 e. The predicted octanol–water partition coefficient (Wildman–Crippen LogP) is 4.67. The normalized spacial score (nSPS) is 13.1. The van der Waals surface area contributed by atoms with E-state index in [0.717, 1.165) is 11.1 Å². The molecule has 160 valence electrons. The van der Waals surface area contributed by atoms with E-state index in [1.807, 2.05) is 19.1 Å². The highest BCUT2D eigenvalue weighted by Gasteiger charge is 2.28. The molecule has 1 aromatic carbocycles. The number of halogens is 1. The Morgan fingerprint density at radius 1 is 1.23 bits per heavy atom. The summed E-state index contributed by atoms with van der Waals surface area (Å²) in [6.07, 6.45) is 2.02. The van der Waals surface area contributed by atoms with E-state index in [1.54, 1.807) is 25.3 Å². The van der Waals surface area contributed by atoms with E-state index < -0.39 is 10.0 Å². The Labute approximate surface area is 186 Å². The number of hydrogen-bond acceptors (Lipinski definition) is 8. The molecule has 1 aliphatic rings. The van der Waals surface area contributed by atoms with Gasteiger partial charge in [0, 0.05) is 22.9 Å². The SMILES string of the molecule is Cc1cc2c(cc1Cc1sc3ncccc3c1S(=O)(=O)Nc1noc(C)c1Cl)OCO2. The second-order valence-corrected chi connectivity index (χ2v) is 10.1. The molecule has 0 radical (unpaired) electrons. The van der Waals surface area contributed by atoms with Crippen LogP contribution in [0.25, 0.3) is 10.2 Å². The van der Waals surface area contributed by atoms with E-state index in [2.05, 4.69) is 14.9 Å². The molecule has 0 bridgehead atoms. The molecule has 0 unspecified atom stereocenters. The van der Waals surface area contributed by atoms with Crippen LogP contribution in [0.3, 0.4) is 0 Å². The van der Waals surface area contributed by atoms with Crippen molar-refractivity contribution in [2.45, 2.75) is 25.2 Å². The Morgan fingerprint density at radius 3 is 2.74 bits per heavy atom. The maximum absolute atomic E-state index is 13.4. The second-order valence-electron chi connectivity index (χ2n) is 7.03. The van der Waals surface area contributed by atoms with Crippen molar-refractivity contribution in [1.29, 1.82) is 0 Å². The molecule has 0 saturated heterocycles. The topological polar surface area (TPSA) is 104 Å². The van der Waals surface area contributed by atoms with Gasteiger partial charge in [0.05, 0.1) is 0 Å². The molecule has 3 aromatic heterocycles. The van der Waals surface area contributed by atoms with E-state index in [9.17, 15) is 8.42 Å². The van der Waals surface area contributed by atoms with Gasteiger partial charge in [0.2, 0.25) is 12.6 Å². The van der Waals surface area contributed by atoms with Gasteiger partial charge in [-0.05, 0) is 49.2 Å². The lowest BCUT2D eigenvalue weighted by Gasteiger charge is -2.10. The molecule has 0 amide bonds. The number of fused-ring (bicyclic) bond motifs is 2. The molecular formula is C20H16ClN3O5S2. The summed E-state index contributed by atoms with van der Waals surface area (Å²) in [5.41, 5.74) is 1.91. The maximum atomic E-state index is 13.4. The number of sulfonamides is 1. The minimum absolute atomic E-state index is 0.0485. The van der Waals surface area contributed by atoms with Gasteiger partial charge in [-0.15, -0.1) is 11.3 Å². The van der Waals surface area contributed by atoms with Crippen molar-refractivity contribution in [1.82, 2.24) is 10.1 Å². The summed E-state index contributed by atoms with van der Waals surface area (Å²) in [6, 6.07) is 7.22. The number of hydrogen-bond donors (Lipinski definition) is 1. The first kappa shape index (κ1) is 20.1. The largest absolute Gasteiger partial charge is 0.454 e. The molecule has 5 rings (SSSR count). The molecule has 0 atom stereocenters. The van der Waals surface area contributed by atoms with Gasteiger partial charge < -0.3 is 14.0 Å². The lowest BCUT2D eigenvalue weighted by molar-refractivity contribution is 0.174. The standard InChI is InChI=1S/C20H16ClN3O5S2/c1-10-6-14-15(28-9-27-14)7-12(10)8-16-18(13-4-3-5-22-20(13)30-16)31(25,26)24-19-17(21)11(2)29-23-19/h3-7H,8-9H2,1-2H3,(H,23,24). The second kappa shape index (κ2) is 7.40. The highest BCUT2D eigenvalue weighted by molar-refractivity contribution is 7.93. The van der Waals surface area contributed by atoms with E-state index in [0.29, 0.717) is 38.8 Å². The van der Waals surface area contributed by atoms with Gasteiger partial charge in [-0.2, -0.15) is 0 Å². The fourth-order valence-corrected chi connectivity index (χ4v) is 6.49. The molecular weight excluding hydrogens is 462 g/mol. The Kier molecular flexibility index (Phi) is 4.80. The zero-order valence-corrected chi connectivity index (χ0v) is 18.8. The summed E-state index contributed by atoms with van der Waals surface area (Å²) < 4.78 is 45.2. The monoisotopic (exact) mass is 477 g/mol. The third-order valence-electron chi connectivity index (χ3n) is 4.96. The molecule has 0 aliphatic carbocycles. The molecule has 31 heavy (non-hydrogen) atoms. The molecule has 4 heterocycles. The van der Waals surface area contributed by atoms with Crippen LogP contribution < -0.4 is 14.2 Å². The number of aromatic nitrogens is 2. The van der Waals surface area contributed by atoms with Gasteiger partial charge in [0.1, 0.15) is 14.7 Å². The van der Waals surface area contributed by atoms with Crippen LogP contribution in [0, 0.1) is 13.8 Å². The molecule has 0 saturated carbocycles. The average Bonchev–Trinajstić information content (AvgIpc) is 3.41. The number of pyridine rings is 1. The highest BCUT2D eigenvalue weighted by Crippen LogP contribution is 2.40. The Morgan fingerprint density at radius 2 is 2.00 bits per heavy atom. The number of rotatable bonds is 5. The van der Waals surface area contributed by atoms with E-state index in [1.165, 1.54) is 11.3 Å². The van der Waals surface area contributed by atoms with Crippen molar-refractivity contribution in [3.63, 3.8) is 0 Å². The fraction of sp³-hybridized carbons (Fsp3) is 0.200. The third kappa shape index (κ3) is 3.50. The summed E-state index contributed by atoms with van der Waals surface area (Å²) in [5, 5.41) is 4.37. The van der Waals surface area contributed by atoms with Crippen LogP contribution in [0.5, 0.6) is 11.5 Å². The molecule has 11 heteroatoms. The van der Waals surface area contributed by atoms with E-state index in [-0.39, 0.29) is 22.5 Å². The zero-order valence-electron chi connectivity index (χ0n) is 16.4. The van der Waals surface area contributed by atoms with Gasteiger partial charge in [-0.3, -0.25) is 4.72 Å². The number of aryl methyl sites for hydroxylation is 2. The van der Waals surface area contributed by atoms with Gasteiger partial charge in [-0.25, -0.2) is 13.4 Å². The van der Waals surface area contributed by atoms with Crippen LogP contribution in [0.1, 0.15) is 21.8 Å². The third-order valence-corrected chi connectivity index (χ3v) is 8.12. The van der Waals surface area contributed by atoms with Gasteiger partial charge in [-0.1, -0.05) is 16.8 Å². The van der Waals surface area contributed by atoms with E-state index in [4.69, 9.17) is 25.6 Å². The lowest BCUT2D eigenvalue weighted by Crippen LogP contribution is -2.15. The number of thiophene rings is 1. The number of benzene rings is 1. The molecule has 0 fully saturated rings. The van der Waals surface area contributed by atoms with Gasteiger partial charge >= 0.3 is 0 Å². The summed E-state index contributed by atoms with van der Waals surface area (Å²) in [6.45, 7) is 3.73. The van der Waals surface area contributed by atoms with Gasteiger partial charge in [0.15, 0.2) is 17.3 Å². The van der Waals surface area contributed by atoms with Crippen LogP contribution in [-0.2, 0) is 16.4 Å². The first-order chi connectivity index (χ1) is 14.8. The molecule has 1 aliphatic heterocycles. The minimum atomic E-state index is -4.02. The first-order valence-corrected chi connectivity index (χ1v) is 11.9.